The molecule has 2 N–H and O–H groups in total. The van der Waals surface area contributed by atoms with Crippen LogP contribution in [0.4, 0.5) is 0 Å². The number of aromatic amines is 1. The number of rotatable bonds is 5. The fourth-order valence-electron chi connectivity index (χ4n) is 4.75. The van der Waals surface area contributed by atoms with E-state index in [-0.39, 0.29) is 11.8 Å². The van der Waals surface area contributed by atoms with Crippen molar-refractivity contribution in [3.63, 3.8) is 0 Å². The van der Waals surface area contributed by atoms with E-state index in [9.17, 15) is 4.79 Å². The Labute approximate surface area is 161 Å². The smallest absolute Gasteiger partial charge is 0.224 e. The Kier molecular flexibility index (Phi) is 5.77. The molecule has 1 aromatic carbocycles. The summed E-state index contributed by atoms with van der Waals surface area (Å²) in [6.07, 6.45) is 6.86. The zero-order chi connectivity index (χ0) is 18.6. The Morgan fingerprint density at radius 3 is 2.81 bits per heavy atom. The van der Waals surface area contributed by atoms with Gasteiger partial charge in [-0.15, -0.1) is 0 Å². The minimum atomic E-state index is 0.186. The van der Waals surface area contributed by atoms with E-state index in [0.717, 1.165) is 68.7 Å². The van der Waals surface area contributed by atoms with Crippen LogP contribution in [0.1, 0.15) is 57.2 Å². The van der Waals surface area contributed by atoms with E-state index in [1.54, 1.807) is 0 Å². The largest absolute Gasteiger partial charge is 0.356 e. The molecule has 4 rings (SSSR count). The maximum atomic E-state index is 12.5. The molecular weight excluding hydrogens is 336 g/mol. The first-order chi connectivity index (χ1) is 13.2. The van der Waals surface area contributed by atoms with E-state index in [1.807, 2.05) is 6.07 Å². The summed E-state index contributed by atoms with van der Waals surface area (Å²) in [4.78, 5) is 23.2. The van der Waals surface area contributed by atoms with Crippen LogP contribution in [0, 0.1) is 11.8 Å². The number of para-hydroxylation sites is 2. The van der Waals surface area contributed by atoms with E-state index in [0.29, 0.717) is 11.8 Å². The van der Waals surface area contributed by atoms with Gasteiger partial charge >= 0.3 is 0 Å². The molecule has 0 unspecified atom stereocenters. The van der Waals surface area contributed by atoms with Gasteiger partial charge in [-0.3, -0.25) is 4.79 Å². The van der Waals surface area contributed by atoms with Crippen LogP contribution in [0.25, 0.3) is 11.0 Å². The minimum Gasteiger partial charge on any atom is -0.356 e. The van der Waals surface area contributed by atoms with Gasteiger partial charge in [0.2, 0.25) is 5.91 Å². The summed E-state index contributed by atoms with van der Waals surface area (Å²) >= 11 is 0. The fourth-order valence-corrected chi connectivity index (χ4v) is 4.75. The molecule has 0 spiro atoms. The number of fused-ring (bicyclic) bond motifs is 1. The molecule has 2 aromatic rings. The van der Waals surface area contributed by atoms with Crippen LogP contribution < -0.4 is 5.32 Å². The minimum absolute atomic E-state index is 0.186. The van der Waals surface area contributed by atoms with Crippen LogP contribution in [0.5, 0.6) is 0 Å². The Morgan fingerprint density at radius 2 is 2.04 bits per heavy atom. The van der Waals surface area contributed by atoms with Gasteiger partial charge in [0.15, 0.2) is 0 Å². The van der Waals surface area contributed by atoms with E-state index in [1.165, 1.54) is 12.8 Å². The van der Waals surface area contributed by atoms with Gasteiger partial charge in [0.25, 0.3) is 0 Å². The molecule has 27 heavy (non-hydrogen) atoms. The number of amides is 1. The summed E-state index contributed by atoms with van der Waals surface area (Å²) in [7, 11) is 0. The summed E-state index contributed by atoms with van der Waals surface area (Å²) in [5.74, 6) is 2.74. The number of hydrogen-bond acceptors (Lipinski definition) is 3. The van der Waals surface area contributed by atoms with E-state index in [4.69, 9.17) is 4.98 Å². The Balaban J connectivity index is 1.24. The molecule has 2 heterocycles. The molecular formula is C22H32N4O. The number of carbonyl (C=O) groups is 1. The first kappa shape index (κ1) is 18.5. The average Bonchev–Trinajstić information content (AvgIpc) is 3.16. The average molecular weight is 369 g/mol. The van der Waals surface area contributed by atoms with Crippen LogP contribution in [0.2, 0.25) is 0 Å². The molecule has 1 amide bonds. The number of imidazole rings is 1. The van der Waals surface area contributed by atoms with Crippen LogP contribution in [-0.4, -0.2) is 47.0 Å². The van der Waals surface area contributed by atoms with Gasteiger partial charge in [0.05, 0.1) is 17.0 Å². The predicted octanol–water partition coefficient (Wildman–Crippen LogP) is 3.68. The summed E-state index contributed by atoms with van der Waals surface area (Å²) in [5, 5.41) is 3.25. The Bertz CT molecular complexity index is 730. The van der Waals surface area contributed by atoms with Crippen molar-refractivity contribution in [2.45, 2.75) is 51.4 Å². The van der Waals surface area contributed by atoms with Gasteiger partial charge in [-0.1, -0.05) is 19.1 Å². The van der Waals surface area contributed by atoms with Gasteiger partial charge < -0.3 is 15.2 Å². The monoisotopic (exact) mass is 368 g/mol. The molecule has 1 aliphatic heterocycles. The van der Waals surface area contributed by atoms with Crippen molar-refractivity contribution >= 4 is 16.9 Å². The van der Waals surface area contributed by atoms with E-state index < -0.39 is 0 Å². The van der Waals surface area contributed by atoms with Crippen molar-refractivity contribution in [3.8, 4) is 0 Å². The summed E-state index contributed by atoms with van der Waals surface area (Å²) < 4.78 is 0. The molecule has 1 saturated heterocycles. The molecule has 5 heteroatoms. The highest BCUT2D eigenvalue weighted by Gasteiger charge is 2.27. The van der Waals surface area contributed by atoms with E-state index in [2.05, 4.69) is 40.3 Å². The molecule has 1 aromatic heterocycles. The number of nitrogens with one attached hydrogen (secondary N) is 2. The standard InChI is InChI=1S/C22H32N4O/c1-2-26-13-5-6-18(15-26)22(27)23-14-16-9-11-17(12-10-16)21-24-19-7-3-4-8-20(19)25-21/h3-4,7-8,16-18H,2,5-6,9-15H2,1H3,(H,23,27)(H,24,25)/t16?,17?,18-/m0/s1. The molecule has 5 nitrogen and oxygen atoms in total. The highest BCUT2D eigenvalue weighted by Crippen LogP contribution is 2.35. The maximum absolute atomic E-state index is 12.5. The van der Waals surface area contributed by atoms with Crippen molar-refractivity contribution in [3.05, 3.63) is 30.1 Å². The van der Waals surface area contributed by atoms with Crippen molar-refractivity contribution in [2.24, 2.45) is 11.8 Å². The molecule has 2 aliphatic rings. The predicted molar refractivity (Wildman–Crippen MR) is 109 cm³/mol. The van der Waals surface area contributed by atoms with Crippen molar-refractivity contribution in [2.75, 3.05) is 26.2 Å². The fraction of sp³-hybridized carbons (Fsp3) is 0.636. The van der Waals surface area contributed by atoms with Gasteiger partial charge in [-0.2, -0.15) is 0 Å². The Morgan fingerprint density at radius 1 is 1.22 bits per heavy atom. The molecule has 1 aliphatic carbocycles. The number of hydrogen-bond donors (Lipinski definition) is 2. The number of H-pyrrole nitrogens is 1. The number of piperidine rings is 1. The molecule has 1 atom stereocenters. The SMILES string of the molecule is CCN1CCC[C@H](C(=O)NCC2CCC(c3nc4ccccc4[nH]3)CC2)C1. The molecule has 146 valence electrons. The quantitative estimate of drug-likeness (QED) is 0.846. The molecule has 2 fully saturated rings. The zero-order valence-corrected chi connectivity index (χ0v) is 16.4. The lowest BCUT2D eigenvalue weighted by Gasteiger charge is -2.32. The third kappa shape index (κ3) is 4.34. The van der Waals surface area contributed by atoms with E-state index >= 15 is 0 Å². The number of carbonyl (C=O) groups excluding carboxylic acids is 1. The van der Waals surface area contributed by atoms with Crippen LogP contribution in [0.15, 0.2) is 24.3 Å². The summed E-state index contributed by atoms with van der Waals surface area (Å²) in [6.45, 7) is 6.15. The second kappa shape index (κ2) is 8.42. The van der Waals surface area contributed by atoms with Crippen LogP contribution in [0.3, 0.4) is 0 Å². The third-order valence-corrected chi connectivity index (χ3v) is 6.53. The molecule has 0 radical (unpaired) electrons. The lowest BCUT2D eigenvalue weighted by atomic mass is 9.81. The summed E-state index contributed by atoms with van der Waals surface area (Å²) in [6, 6.07) is 8.26. The summed E-state index contributed by atoms with van der Waals surface area (Å²) in [5.41, 5.74) is 2.20. The lowest BCUT2D eigenvalue weighted by Crippen LogP contribution is -2.44. The van der Waals surface area contributed by atoms with Crippen molar-refractivity contribution in [1.29, 1.82) is 0 Å². The zero-order valence-electron chi connectivity index (χ0n) is 16.4. The van der Waals surface area contributed by atoms with Gasteiger partial charge in [-0.05, 0) is 69.7 Å². The van der Waals surface area contributed by atoms with Gasteiger partial charge in [0.1, 0.15) is 5.82 Å². The maximum Gasteiger partial charge on any atom is 0.224 e. The Hall–Kier alpha value is -1.88. The molecule has 0 bridgehead atoms. The van der Waals surface area contributed by atoms with Crippen LogP contribution in [-0.2, 0) is 4.79 Å². The topological polar surface area (TPSA) is 61.0 Å². The second-order valence-electron chi connectivity index (χ2n) is 8.33. The third-order valence-electron chi connectivity index (χ3n) is 6.53. The highest BCUT2D eigenvalue weighted by atomic mass is 16.1. The highest BCUT2D eigenvalue weighted by molar-refractivity contribution is 5.79. The van der Waals surface area contributed by atoms with Crippen LogP contribution >= 0.6 is 0 Å². The van der Waals surface area contributed by atoms with Gasteiger partial charge in [-0.25, -0.2) is 4.98 Å². The number of nitrogens with zero attached hydrogens (tertiary/aromatic N) is 2. The first-order valence-electron chi connectivity index (χ1n) is 10.7. The number of likely N-dealkylation sites (tertiary alicyclic amines) is 1. The lowest BCUT2D eigenvalue weighted by molar-refractivity contribution is -0.126. The van der Waals surface area contributed by atoms with Gasteiger partial charge in [0, 0.05) is 19.0 Å². The normalized spacial score (nSPS) is 26.9. The number of aromatic nitrogens is 2. The number of benzene rings is 1. The van der Waals surface area contributed by atoms with Crippen molar-refractivity contribution < 1.29 is 4.79 Å². The first-order valence-corrected chi connectivity index (χ1v) is 10.7. The van der Waals surface area contributed by atoms with Crippen molar-refractivity contribution in [1.82, 2.24) is 20.2 Å². The second-order valence-corrected chi connectivity index (χ2v) is 8.33. The molecule has 1 saturated carbocycles.